The van der Waals surface area contributed by atoms with E-state index in [4.69, 9.17) is 19.9 Å². The molecule has 0 aliphatic carbocycles. The molecular formula is C48H31N7. The van der Waals surface area contributed by atoms with Gasteiger partial charge in [-0.1, -0.05) is 146 Å². The lowest BCUT2D eigenvalue weighted by atomic mass is 9.98. The highest BCUT2D eigenvalue weighted by Gasteiger charge is 2.25. The number of benzene rings is 7. The topological polar surface area (TPSA) is 65.8 Å². The van der Waals surface area contributed by atoms with E-state index in [1.165, 1.54) is 0 Å². The van der Waals surface area contributed by atoms with Gasteiger partial charge in [-0.25, -0.2) is 19.9 Å². The zero-order valence-electron chi connectivity index (χ0n) is 29.5. The molecule has 7 aromatic carbocycles. The Morgan fingerprint density at radius 3 is 1.55 bits per heavy atom. The van der Waals surface area contributed by atoms with Gasteiger partial charge in [0.25, 0.3) is 0 Å². The summed E-state index contributed by atoms with van der Waals surface area (Å²) in [6, 6.07) is 64.8. The molecule has 7 heteroatoms. The molecule has 258 valence electrons. The third-order valence-electron chi connectivity index (χ3n) is 10.3. The molecule has 0 bridgehead atoms. The third kappa shape index (κ3) is 4.98. The van der Waals surface area contributed by atoms with Gasteiger partial charge in [-0.05, 0) is 53.6 Å². The first-order chi connectivity index (χ1) is 27.3. The Kier molecular flexibility index (Phi) is 7.03. The Hall–Kier alpha value is -7.64. The van der Waals surface area contributed by atoms with Crippen molar-refractivity contribution in [2.45, 2.75) is 0 Å². The molecule has 0 unspecified atom stereocenters. The molecule has 4 aromatic heterocycles. The van der Waals surface area contributed by atoms with Crippen LogP contribution in [0.4, 0.5) is 0 Å². The molecule has 7 nitrogen and oxygen atoms in total. The number of hydrogen-bond donors (Lipinski definition) is 0. The van der Waals surface area contributed by atoms with E-state index in [9.17, 15) is 0 Å². The second-order valence-corrected chi connectivity index (χ2v) is 13.6. The summed E-state index contributed by atoms with van der Waals surface area (Å²) in [6.07, 6.45) is 0. The van der Waals surface area contributed by atoms with Crippen molar-refractivity contribution in [3.63, 3.8) is 0 Å². The van der Waals surface area contributed by atoms with Crippen LogP contribution >= 0.6 is 0 Å². The highest BCUT2D eigenvalue weighted by Crippen LogP contribution is 2.40. The van der Waals surface area contributed by atoms with Crippen LogP contribution in [0.15, 0.2) is 188 Å². The lowest BCUT2D eigenvalue weighted by molar-refractivity contribution is 1.07. The first-order valence-electron chi connectivity index (χ1n) is 18.3. The van der Waals surface area contributed by atoms with Crippen molar-refractivity contribution in [2.24, 2.45) is 0 Å². The number of rotatable bonds is 6. The van der Waals surface area contributed by atoms with E-state index in [2.05, 4.69) is 135 Å². The van der Waals surface area contributed by atoms with Gasteiger partial charge in [-0.2, -0.15) is 0 Å². The van der Waals surface area contributed by atoms with Gasteiger partial charge in [0.1, 0.15) is 5.52 Å². The maximum absolute atomic E-state index is 5.41. The van der Waals surface area contributed by atoms with Crippen molar-refractivity contribution in [1.29, 1.82) is 0 Å². The molecule has 0 N–H and O–H groups in total. The largest absolute Gasteiger partial charge is 0.294 e. The predicted molar refractivity (Wildman–Crippen MR) is 221 cm³/mol. The lowest BCUT2D eigenvalue weighted by Crippen LogP contribution is -2.01. The zero-order chi connectivity index (χ0) is 36.3. The Bertz CT molecular complexity index is 3120. The van der Waals surface area contributed by atoms with Gasteiger partial charge in [-0.3, -0.25) is 13.5 Å². The summed E-state index contributed by atoms with van der Waals surface area (Å²) < 4.78 is 6.97. The van der Waals surface area contributed by atoms with Gasteiger partial charge in [0, 0.05) is 33.5 Å². The quantitative estimate of drug-likeness (QED) is 0.173. The van der Waals surface area contributed by atoms with Crippen LogP contribution in [0.2, 0.25) is 0 Å². The number of para-hydroxylation sites is 3. The van der Waals surface area contributed by atoms with E-state index in [0.29, 0.717) is 17.5 Å². The Morgan fingerprint density at radius 2 is 0.891 bits per heavy atom. The van der Waals surface area contributed by atoms with E-state index in [1.54, 1.807) is 0 Å². The average Bonchev–Trinajstić information content (AvgIpc) is 3.90. The Balaban J connectivity index is 1.15. The van der Waals surface area contributed by atoms with Gasteiger partial charge in [-0.15, -0.1) is 0 Å². The van der Waals surface area contributed by atoms with Gasteiger partial charge < -0.3 is 0 Å². The van der Waals surface area contributed by atoms with E-state index in [0.717, 1.165) is 78.1 Å². The average molecular weight is 706 g/mol. The minimum Gasteiger partial charge on any atom is -0.294 e. The fraction of sp³-hybridized carbons (Fsp3) is 0. The molecule has 0 saturated carbocycles. The molecule has 0 saturated heterocycles. The van der Waals surface area contributed by atoms with E-state index in [1.807, 2.05) is 66.7 Å². The van der Waals surface area contributed by atoms with Crippen molar-refractivity contribution < 1.29 is 0 Å². The monoisotopic (exact) mass is 705 g/mol. The van der Waals surface area contributed by atoms with E-state index >= 15 is 0 Å². The van der Waals surface area contributed by atoms with Gasteiger partial charge in [0.2, 0.25) is 5.78 Å². The summed E-state index contributed by atoms with van der Waals surface area (Å²) in [5.74, 6) is 2.73. The molecule has 0 radical (unpaired) electrons. The normalized spacial score (nSPS) is 11.6. The molecule has 0 fully saturated rings. The van der Waals surface area contributed by atoms with Crippen LogP contribution in [0.25, 0.3) is 95.5 Å². The summed E-state index contributed by atoms with van der Waals surface area (Å²) in [7, 11) is 0. The molecule has 0 aliphatic rings. The molecule has 11 rings (SSSR count). The molecule has 0 atom stereocenters. The molecule has 11 aromatic rings. The number of imidazole rings is 2. The van der Waals surface area contributed by atoms with E-state index < -0.39 is 0 Å². The molecular weight excluding hydrogens is 675 g/mol. The van der Waals surface area contributed by atoms with Crippen LogP contribution in [-0.4, -0.2) is 33.5 Å². The molecule has 0 spiro atoms. The molecule has 4 heterocycles. The van der Waals surface area contributed by atoms with Crippen LogP contribution in [0, 0.1) is 0 Å². The number of hydrogen-bond acceptors (Lipinski definition) is 4. The van der Waals surface area contributed by atoms with Crippen molar-refractivity contribution in [3.8, 4) is 56.7 Å². The molecule has 55 heavy (non-hydrogen) atoms. The van der Waals surface area contributed by atoms with E-state index in [-0.39, 0.29) is 0 Å². The van der Waals surface area contributed by atoms with Crippen LogP contribution < -0.4 is 0 Å². The van der Waals surface area contributed by atoms with Gasteiger partial charge in [0.15, 0.2) is 23.1 Å². The van der Waals surface area contributed by atoms with Crippen LogP contribution in [0.1, 0.15) is 0 Å². The van der Waals surface area contributed by atoms with Crippen molar-refractivity contribution in [3.05, 3.63) is 188 Å². The molecule has 0 aliphatic heterocycles. The van der Waals surface area contributed by atoms with Crippen LogP contribution in [0.5, 0.6) is 0 Å². The van der Waals surface area contributed by atoms with Crippen molar-refractivity contribution in [2.75, 3.05) is 0 Å². The summed E-state index contributed by atoms with van der Waals surface area (Å²) in [5, 5.41) is 1.16. The minimum atomic E-state index is 0.614. The first kappa shape index (κ1) is 30.9. The third-order valence-corrected chi connectivity index (χ3v) is 10.3. The van der Waals surface area contributed by atoms with Gasteiger partial charge in [0.05, 0.1) is 16.6 Å². The summed E-state index contributed by atoms with van der Waals surface area (Å²) >= 11 is 0. The zero-order valence-corrected chi connectivity index (χ0v) is 29.5. The maximum atomic E-state index is 5.41. The Morgan fingerprint density at radius 1 is 0.364 bits per heavy atom. The molecule has 0 amide bonds. The Labute approximate surface area is 316 Å². The summed E-state index contributed by atoms with van der Waals surface area (Å²) in [5.41, 5.74) is 12.2. The fourth-order valence-corrected chi connectivity index (χ4v) is 7.85. The van der Waals surface area contributed by atoms with Crippen molar-refractivity contribution >= 4 is 38.9 Å². The smallest absolute Gasteiger partial charge is 0.221 e. The SMILES string of the molecule is c1ccc(-c2nc(-c3ccccc3)nc(-c3ccccc3-c3ccc4c(c3)nc3n(-c5ccccc5)c5c6ccccc6n(-c6ccccc6)c5n43)n2)cc1. The highest BCUT2D eigenvalue weighted by atomic mass is 15.3. The standard InChI is InChI=1S/C48H31N7/c1-5-17-32(18-6-1)44-50-45(33-19-7-2-8-20-33)52-46(51-44)38-26-14-13-25-37(38)34-29-30-42-40(31-34)49-48-54(36-23-11-4-12-24-36)43-39-27-15-16-28-41(39)53(47(43)55(42)48)35-21-9-3-10-22-35/h1-31H. The second-order valence-electron chi connectivity index (χ2n) is 13.6. The minimum absolute atomic E-state index is 0.614. The van der Waals surface area contributed by atoms with Crippen molar-refractivity contribution in [1.82, 2.24) is 33.5 Å². The highest BCUT2D eigenvalue weighted by molar-refractivity contribution is 6.10. The van der Waals surface area contributed by atoms with Gasteiger partial charge >= 0.3 is 0 Å². The number of fused-ring (bicyclic) bond motifs is 7. The van der Waals surface area contributed by atoms with Crippen LogP contribution in [-0.2, 0) is 0 Å². The number of aromatic nitrogens is 7. The lowest BCUT2D eigenvalue weighted by Gasteiger charge is -2.12. The predicted octanol–water partition coefficient (Wildman–Crippen LogP) is 11.2. The summed E-state index contributed by atoms with van der Waals surface area (Å²) in [4.78, 5) is 20.5. The second kappa shape index (κ2) is 12.5. The summed E-state index contributed by atoms with van der Waals surface area (Å²) in [6.45, 7) is 0. The number of nitrogens with zero attached hydrogens (tertiary/aromatic N) is 7. The van der Waals surface area contributed by atoms with Crippen LogP contribution in [0.3, 0.4) is 0 Å². The first-order valence-corrected chi connectivity index (χ1v) is 18.3. The maximum Gasteiger partial charge on any atom is 0.221 e. The fourth-order valence-electron chi connectivity index (χ4n) is 7.85.